The Morgan fingerprint density at radius 2 is 1.22 bits per heavy atom. The number of fused-ring (bicyclic) bond motifs is 2. The summed E-state index contributed by atoms with van der Waals surface area (Å²) in [6.07, 6.45) is 10.7. The topological polar surface area (TPSA) is 187 Å². The average molecular weight is 841 g/mol. The number of methoxy groups -OCH3 is 2. The molecule has 0 aliphatic carbocycles. The lowest BCUT2D eigenvalue weighted by molar-refractivity contribution is -0.0797. The zero-order chi connectivity index (χ0) is 41.3. The van der Waals surface area contributed by atoms with Crippen LogP contribution in [0.3, 0.4) is 0 Å². The molecule has 10 rings (SSSR count). The summed E-state index contributed by atoms with van der Waals surface area (Å²) >= 11 is 5.76. The third kappa shape index (κ3) is 8.12. The van der Waals surface area contributed by atoms with Crippen molar-refractivity contribution in [3.8, 4) is 34.4 Å². The number of hydrogen-bond acceptors (Lipinski definition) is 16. The van der Waals surface area contributed by atoms with E-state index in [1.54, 1.807) is 45.3 Å². The molecule has 60 heavy (non-hydrogen) atoms. The fourth-order valence-electron chi connectivity index (χ4n) is 6.85. The van der Waals surface area contributed by atoms with Crippen molar-refractivity contribution in [3.05, 3.63) is 90.5 Å². The Hall–Kier alpha value is -6.37. The van der Waals surface area contributed by atoms with Gasteiger partial charge in [-0.15, -0.1) is 0 Å². The average Bonchev–Trinajstić information content (AvgIpc) is 3.85. The highest BCUT2D eigenvalue weighted by molar-refractivity contribution is 6.28. The van der Waals surface area contributed by atoms with Gasteiger partial charge in [0.05, 0.1) is 88.5 Å². The molecule has 6 aromatic rings. The van der Waals surface area contributed by atoms with E-state index in [1.807, 2.05) is 79.8 Å². The Kier molecular flexibility index (Phi) is 11.9. The molecule has 2 aromatic carbocycles. The van der Waals surface area contributed by atoms with Crippen molar-refractivity contribution >= 4 is 40.6 Å². The molecule has 4 aromatic heterocycles. The molecule has 0 saturated carbocycles. The number of imidazole rings is 2. The van der Waals surface area contributed by atoms with Gasteiger partial charge in [0.2, 0.25) is 11.2 Å². The molecule has 2 saturated heterocycles. The van der Waals surface area contributed by atoms with Gasteiger partial charge in [0.25, 0.3) is 0 Å². The first kappa shape index (κ1) is 41.8. The van der Waals surface area contributed by atoms with E-state index in [1.165, 1.54) is 0 Å². The number of nitrogen functional groups attached to an aromatic ring is 1. The number of benzene rings is 2. The number of rotatable bonds is 6. The van der Waals surface area contributed by atoms with Gasteiger partial charge in [-0.3, -0.25) is 0 Å². The number of aryl methyl sites for hydroxylation is 2. The number of hydrogen-bond donors (Lipinski definition) is 2. The predicted octanol–water partition coefficient (Wildman–Crippen LogP) is 5.46. The third-order valence-electron chi connectivity index (χ3n) is 10.6. The minimum absolute atomic E-state index is 0. The van der Waals surface area contributed by atoms with Crippen LogP contribution >= 0.6 is 11.6 Å². The number of nitrogens with one attached hydrogen (secondary N) is 1. The van der Waals surface area contributed by atoms with Gasteiger partial charge in [-0.1, -0.05) is 7.43 Å². The van der Waals surface area contributed by atoms with Gasteiger partial charge in [-0.25, -0.2) is 19.9 Å². The van der Waals surface area contributed by atoms with Crippen LogP contribution in [0.5, 0.6) is 23.0 Å². The smallest absolute Gasteiger partial charge is 0.229 e. The largest absolute Gasteiger partial charge is 0.494 e. The lowest BCUT2D eigenvalue weighted by Gasteiger charge is -2.50. The molecule has 0 atom stereocenters. The third-order valence-corrected chi connectivity index (χ3v) is 10.8. The number of halogens is 1. The molecule has 4 aliphatic heterocycles. The monoisotopic (exact) mass is 840 g/mol. The Morgan fingerprint density at radius 3 is 1.72 bits per heavy atom. The molecule has 18 nitrogen and oxygen atoms in total. The van der Waals surface area contributed by atoms with E-state index in [4.69, 9.17) is 45.8 Å². The van der Waals surface area contributed by atoms with Crippen molar-refractivity contribution in [2.24, 2.45) is 0 Å². The van der Waals surface area contributed by atoms with Gasteiger partial charge in [0, 0.05) is 50.0 Å². The second kappa shape index (κ2) is 17.1. The summed E-state index contributed by atoms with van der Waals surface area (Å²) in [7, 11) is 7.27. The van der Waals surface area contributed by atoms with E-state index in [9.17, 15) is 0 Å². The molecular formula is C41H49ClN12O6. The van der Waals surface area contributed by atoms with E-state index in [2.05, 4.69) is 45.0 Å². The highest BCUT2D eigenvalue weighted by Crippen LogP contribution is 2.40. The van der Waals surface area contributed by atoms with Crippen LogP contribution in [0.25, 0.3) is 11.4 Å². The van der Waals surface area contributed by atoms with Crippen molar-refractivity contribution < 1.29 is 28.4 Å². The van der Waals surface area contributed by atoms with Crippen molar-refractivity contribution in [1.82, 2.24) is 39.0 Å². The van der Waals surface area contributed by atoms with Gasteiger partial charge in [-0.2, -0.15) is 9.97 Å². The van der Waals surface area contributed by atoms with Crippen LogP contribution in [0.15, 0.2) is 73.8 Å². The molecule has 8 heterocycles. The second-order valence-corrected chi connectivity index (χ2v) is 15.0. The summed E-state index contributed by atoms with van der Waals surface area (Å²) in [6, 6.07) is 11.4. The van der Waals surface area contributed by atoms with Crippen LogP contribution in [-0.2, 0) is 9.47 Å². The molecule has 3 N–H and O–H groups in total. The van der Waals surface area contributed by atoms with Gasteiger partial charge < -0.3 is 58.4 Å². The van der Waals surface area contributed by atoms with Crippen molar-refractivity contribution in [2.45, 2.75) is 32.4 Å². The van der Waals surface area contributed by atoms with E-state index < -0.39 is 0 Å². The first-order valence-corrected chi connectivity index (χ1v) is 19.1. The van der Waals surface area contributed by atoms with E-state index in [0.717, 1.165) is 51.6 Å². The highest BCUT2D eigenvalue weighted by atomic mass is 35.5. The summed E-state index contributed by atoms with van der Waals surface area (Å²) in [5.74, 6) is 4.81. The molecule has 0 radical (unpaired) electrons. The molecule has 316 valence electrons. The zero-order valence-corrected chi connectivity index (χ0v) is 34.3. The minimum atomic E-state index is -0.133. The second-order valence-electron chi connectivity index (χ2n) is 14.6. The molecule has 4 aliphatic rings. The molecule has 2 spiro atoms. The lowest BCUT2D eigenvalue weighted by Crippen LogP contribution is -2.66. The Morgan fingerprint density at radius 1 is 0.700 bits per heavy atom. The van der Waals surface area contributed by atoms with Crippen LogP contribution in [0.4, 0.5) is 29.0 Å². The van der Waals surface area contributed by atoms with E-state index in [-0.39, 0.29) is 23.8 Å². The van der Waals surface area contributed by atoms with Gasteiger partial charge in [0.1, 0.15) is 35.8 Å². The van der Waals surface area contributed by atoms with Gasteiger partial charge in [-0.05, 0) is 49.7 Å². The molecular weight excluding hydrogens is 792 g/mol. The maximum absolute atomic E-state index is 5.86. The summed E-state index contributed by atoms with van der Waals surface area (Å²) in [5.41, 5.74) is 10.7. The van der Waals surface area contributed by atoms with Gasteiger partial charge >= 0.3 is 0 Å². The molecule has 0 bridgehead atoms. The van der Waals surface area contributed by atoms with Crippen LogP contribution in [0, 0.1) is 13.8 Å². The number of anilines is 5. The normalized spacial score (nSPS) is 16.1. The van der Waals surface area contributed by atoms with Crippen molar-refractivity contribution in [3.63, 3.8) is 0 Å². The van der Waals surface area contributed by atoms with Crippen molar-refractivity contribution in [2.75, 3.05) is 88.8 Å². The quantitative estimate of drug-likeness (QED) is 0.159. The first-order chi connectivity index (χ1) is 28.5. The Balaban J connectivity index is 0.000000148. The summed E-state index contributed by atoms with van der Waals surface area (Å²) < 4.78 is 36.8. The number of nitrogens with zero attached hydrogens (tertiary/aromatic N) is 10. The van der Waals surface area contributed by atoms with E-state index in [0.29, 0.717) is 62.8 Å². The fourth-order valence-corrected chi connectivity index (χ4v) is 6.98. The number of likely N-dealkylation sites (N-methyl/N-ethyl adjacent to an activating group) is 2. The van der Waals surface area contributed by atoms with Crippen LogP contribution in [0.2, 0.25) is 5.28 Å². The molecule has 0 amide bonds. The van der Waals surface area contributed by atoms with Crippen LogP contribution in [-0.4, -0.2) is 118 Å². The van der Waals surface area contributed by atoms with Gasteiger partial charge in [0.15, 0.2) is 23.1 Å². The predicted molar refractivity (Wildman–Crippen MR) is 228 cm³/mol. The zero-order valence-electron chi connectivity index (χ0n) is 33.5. The molecule has 2 fully saturated rings. The number of ether oxygens (including phenoxy) is 6. The Bertz CT molecular complexity index is 2450. The Labute approximate surface area is 353 Å². The summed E-state index contributed by atoms with van der Waals surface area (Å²) in [5, 5.41) is 3.49. The maximum Gasteiger partial charge on any atom is 0.229 e. The van der Waals surface area contributed by atoms with Crippen LogP contribution in [0.1, 0.15) is 18.8 Å². The fraction of sp³-hybridized carbons (Fsp3) is 0.366. The van der Waals surface area contributed by atoms with Crippen molar-refractivity contribution in [1.29, 1.82) is 0 Å². The maximum atomic E-state index is 5.86. The SMILES string of the molecule is C.CN1c2nc(Cl)ncc2OCC12COC2.COc1cc(N)ccc1-n1cnc(C)c1.COc1cc(Nc2ncc3c(n2)N(C)C2(COC2)CO3)ccc1-n1cnc(C)c1. The first-order valence-electron chi connectivity index (χ1n) is 18.7. The summed E-state index contributed by atoms with van der Waals surface area (Å²) in [6.45, 7) is 7.72. The lowest BCUT2D eigenvalue weighted by atomic mass is 9.95. The molecule has 19 heteroatoms. The highest BCUT2D eigenvalue weighted by Gasteiger charge is 2.49. The number of nitrogens with two attached hydrogens (primary N) is 1. The number of aromatic nitrogens is 8. The summed E-state index contributed by atoms with van der Waals surface area (Å²) in [4.78, 5) is 29.8. The van der Waals surface area contributed by atoms with Crippen LogP contribution < -0.4 is 39.8 Å². The molecule has 0 unspecified atom stereocenters. The standard InChI is InChI=1S/C20H22N6O3.C11H13N3O.C9H10ClN3O2.CH4/c1-13-8-26(12-22-13)15-5-4-14(6-16(15)27-3)23-19-21-7-17-18(24-19)25(2)20(11-29-17)9-28-10-20;1-8-6-14(7-13-8)10-4-3-9(12)5-11(10)15-2;1-13-7-6(2-11-8(10)12-7)15-5-9(13)3-14-4-9;/h4-8,12H,9-11H2,1-3H3,(H,21,23,24);3-7H,12H2,1-2H3;2H,3-5H2,1H3;1H4. The minimum Gasteiger partial charge on any atom is -0.494 e. The van der Waals surface area contributed by atoms with E-state index >= 15 is 0 Å².